The number of nitrogens with zero attached hydrogens (tertiary/aromatic N) is 1. The summed E-state index contributed by atoms with van der Waals surface area (Å²) < 4.78 is 10.5. The molecule has 5 heteroatoms. The molecular weight excluding hydrogens is 286 g/mol. The molecular formula is C16H19NO3S. The van der Waals surface area contributed by atoms with Gasteiger partial charge in [-0.2, -0.15) is 0 Å². The first-order valence-corrected chi connectivity index (χ1v) is 7.44. The Morgan fingerprint density at radius 2 is 2.05 bits per heavy atom. The number of pyridine rings is 1. The highest BCUT2D eigenvalue weighted by atomic mass is 32.1. The Kier molecular flexibility index (Phi) is 4.32. The number of esters is 1. The molecule has 0 aliphatic carbocycles. The topological polar surface area (TPSA) is 48.4 Å². The van der Waals surface area contributed by atoms with Crippen molar-refractivity contribution in [2.45, 2.75) is 33.8 Å². The highest BCUT2D eigenvalue weighted by Gasteiger charge is 2.28. The van der Waals surface area contributed by atoms with Gasteiger partial charge in [-0.05, 0) is 39.3 Å². The lowest BCUT2D eigenvalue weighted by Crippen LogP contribution is -2.19. The van der Waals surface area contributed by atoms with E-state index in [4.69, 9.17) is 9.47 Å². The summed E-state index contributed by atoms with van der Waals surface area (Å²) in [5.41, 5.74) is 2.53. The number of fused-ring (bicyclic) bond motifs is 1. The summed E-state index contributed by atoms with van der Waals surface area (Å²) in [5.74, 6) is 0.0168. The summed E-state index contributed by atoms with van der Waals surface area (Å²) in [5, 5.41) is 1.05. The molecule has 1 atom stereocenters. The van der Waals surface area contributed by atoms with Crippen molar-refractivity contribution in [2.75, 3.05) is 7.11 Å². The van der Waals surface area contributed by atoms with Gasteiger partial charge in [-0.1, -0.05) is 6.58 Å². The van der Waals surface area contributed by atoms with Crippen LogP contribution in [0.25, 0.3) is 10.2 Å². The Labute approximate surface area is 128 Å². The largest absolute Gasteiger partial charge is 0.479 e. The van der Waals surface area contributed by atoms with Gasteiger partial charge < -0.3 is 9.47 Å². The number of carbonyl (C=O) groups excluding carboxylic acids is 1. The number of thiophene rings is 1. The highest BCUT2D eigenvalue weighted by molar-refractivity contribution is 7.18. The number of hydrogen-bond acceptors (Lipinski definition) is 5. The second kappa shape index (κ2) is 5.85. The van der Waals surface area contributed by atoms with Crippen molar-refractivity contribution in [3.63, 3.8) is 0 Å². The molecule has 21 heavy (non-hydrogen) atoms. The normalized spacial score (nSPS) is 12.2. The fourth-order valence-corrected chi connectivity index (χ4v) is 3.39. The van der Waals surface area contributed by atoms with E-state index in [9.17, 15) is 4.79 Å². The minimum absolute atomic E-state index is 0.447. The molecule has 2 heterocycles. The van der Waals surface area contributed by atoms with Crippen LogP contribution in [0.5, 0.6) is 0 Å². The summed E-state index contributed by atoms with van der Waals surface area (Å²) in [7, 11) is 1.35. The smallest absolute Gasteiger partial charge is 0.351 e. The van der Waals surface area contributed by atoms with Gasteiger partial charge in [-0.25, -0.2) is 9.78 Å². The van der Waals surface area contributed by atoms with Crippen LogP contribution in [0, 0.1) is 20.8 Å². The number of hydrogen-bond donors (Lipinski definition) is 0. The summed E-state index contributed by atoms with van der Waals surface area (Å²) in [6.07, 6.45) is -0.829. The van der Waals surface area contributed by atoms with Crippen LogP contribution in [0.15, 0.2) is 18.4 Å². The molecule has 0 aromatic carbocycles. The summed E-state index contributed by atoms with van der Waals surface area (Å²) >= 11 is 1.64. The fourth-order valence-electron chi connectivity index (χ4n) is 2.40. The zero-order valence-electron chi connectivity index (χ0n) is 12.9. The van der Waals surface area contributed by atoms with Crippen molar-refractivity contribution in [2.24, 2.45) is 0 Å². The second-order valence-corrected chi connectivity index (χ2v) is 6.27. The zero-order chi connectivity index (χ0) is 15.7. The molecule has 0 unspecified atom stereocenters. The molecule has 4 nitrogen and oxygen atoms in total. The monoisotopic (exact) mass is 305 g/mol. The molecule has 2 aromatic heterocycles. The molecule has 0 bridgehead atoms. The van der Waals surface area contributed by atoms with Crippen LogP contribution < -0.4 is 0 Å². The lowest BCUT2D eigenvalue weighted by Gasteiger charge is -2.20. The predicted molar refractivity (Wildman–Crippen MR) is 84.5 cm³/mol. The second-order valence-electron chi connectivity index (χ2n) is 5.03. The summed E-state index contributed by atoms with van der Waals surface area (Å²) in [6, 6.07) is 2.08. The van der Waals surface area contributed by atoms with Gasteiger partial charge in [-0.15, -0.1) is 11.3 Å². The Morgan fingerprint density at radius 3 is 2.62 bits per heavy atom. The molecule has 0 saturated heterocycles. The molecule has 0 N–H and O–H groups in total. The van der Waals surface area contributed by atoms with Crippen LogP contribution in [0.3, 0.4) is 0 Å². The van der Waals surface area contributed by atoms with E-state index >= 15 is 0 Å². The van der Waals surface area contributed by atoms with Gasteiger partial charge in [-0.3, -0.25) is 0 Å². The molecule has 0 aliphatic heterocycles. The van der Waals surface area contributed by atoms with Crippen molar-refractivity contribution in [1.82, 2.24) is 4.98 Å². The van der Waals surface area contributed by atoms with Crippen LogP contribution in [-0.4, -0.2) is 18.1 Å². The minimum Gasteiger partial charge on any atom is -0.479 e. The van der Waals surface area contributed by atoms with E-state index in [1.54, 1.807) is 18.3 Å². The Bertz CT molecular complexity index is 718. The van der Waals surface area contributed by atoms with Crippen molar-refractivity contribution in [1.29, 1.82) is 0 Å². The van der Waals surface area contributed by atoms with E-state index in [1.165, 1.54) is 12.0 Å². The van der Waals surface area contributed by atoms with Gasteiger partial charge in [0.1, 0.15) is 4.83 Å². The fraction of sp³-hybridized carbons (Fsp3) is 0.375. The number of aryl methyl sites for hydroxylation is 3. The number of aromatic nitrogens is 1. The summed E-state index contributed by atoms with van der Waals surface area (Å²) in [4.78, 5) is 18.8. The minimum atomic E-state index is -0.829. The quantitative estimate of drug-likeness (QED) is 0.633. The van der Waals surface area contributed by atoms with Crippen molar-refractivity contribution in [3.8, 4) is 0 Å². The van der Waals surface area contributed by atoms with E-state index in [-0.39, 0.29) is 0 Å². The molecule has 0 radical (unpaired) electrons. The maximum Gasteiger partial charge on any atom is 0.351 e. The lowest BCUT2D eigenvalue weighted by atomic mass is 9.99. The van der Waals surface area contributed by atoms with E-state index in [0.29, 0.717) is 5.76 Å². The van der Waals surface area contributed by atoms with Crippen molar-refractivity contribution < 1.29 is 14.3 Å². The third-order valence-corrected chi connectivity index (χ3v) is 4.24. The first-order chi connectivity index (χ1) is 9.85. The number of allylic oxidation sites excluding steroid dienone is 1. The molecule has 0 amide bonds. The van der Waals surface area contributed by atoms with E-state index in [0.717, 1.165) is 27.0 Å². The summed E-state index contributed by atoms with van der Waals surface area (Å²) in [6.45, 7) is 11.3. The maximum atomic E-state index is 12.1. The number of ether oxygens (including phenoxy) is 2. The Hall–Kier alpha value is -1.88. The molecule has 2 aromatic rings. The molecule has 0 fully saturated rings. The van der Waals surface area contributed by atoms with Crippen LogP contribution >= 0.6 is 11.3 Å². The van der Waals surface area contributed by atoms with Crippen molar-refractivity contribution >= 4 is 27.5 Å². The first-order valence-electron chi connectivity index (χ1n) is 6.62. The van der Waals surface area contributed by atoms with Crippen molar-refractivity contribution in [3.05, 3.63) is 40.1 Å². The van der Waals surface area contributed by atoms with Crippen LogP contribution in [0.4, 0.5) is 0 Å². The molecule has 112 valence electrons. The average Bonchev–Trinajstić information content (AvgIpc) is 2.77. The van der Waals surface area contributed by atoms with E-state index in [1.807, 2.05) is 20.8 Å². The Morgan fingerprint density at radius 1 is 1.38 bits per heavy atom. The van der Waals surface area contributed by atoms with Gasteiger partial charge in [0, 0.05) is 21.5 Å². The third-order valence-electron chi connectivity index (χ3n) is 3.30. The third kappa shape index (κ3) is 2.93. The predicted octanol–water partition coefficient (Wildman–Crippen LogP) is 3.99. The Balaban J connectivity index is 2.66. The number of carbonyl (C=O) groups is 1. The maximum absolute atomic E-state index is 12.1. The van der Waals surface area contributed by atoms with Gasteiger partial charge >= 0.3 is 5.97 Å². The van der Waals surface area contributed by atoms with Crippen LogP contribution in [0.1, 0.15) is 34.7 Å². The number of methoxy groups -OCH3 is 1. The molecule has 2 rings (SSSR count). The van der Waals surface area contributed by atoms with Crippen LogP contribution in [0.2, 0.25) is 0 Å². The van der Waals surface area contributed by atoms with Crippen LogP contribution in [-0.2, 0) is 14.3 Å². The SMILES string of the molecule is C=C(C)O[C@H](C(=O)OC)c1c(C)nc2sc(C)cc2c1C. The number of rotatable bonds is 4. The molecule has 0 aliphatic rings. The van der Waals surface area contributed by atoms with Gasteiger partial charge in [0.25, 0.3) is 0 Å². The van der Waals surface area contributed by atoms with E-state index in [2.05, 4.69) is 17.6 Å². The van der Waals surface area contributed by atoms with Gasteiger partial charge in [0.15, 0.2) is 0 Å². The first kappa shape index (κ1) is 15.5. The lowest BCUT2D eigenvalue weighted by molar-refractivity contribution is -0.152. The highest BCUT2D eigenvalue weighted by Crippen LogP contribution is 2.34. The average molecular weight is 305 g/mol. The standard InChI is InChI=1S/C16H19NO3S/c1-8(2)20-14(16(18)19-6)13-10(4)12-7-9(3)21-15(12)17-11(13)5/h7,14H,1H2,2-6H3/t14-/m0/s1. The van der Waals surface area contributed by atoms with Gasteiger partial charge in [0.2, 0.25) is 6.10 Å². The molecule has 0 spiro atoms. The van der Waals surface area contributed by atoms with E-state index < -0.39 is 12.1 Å². The van der Waals surface area contributed by atoms with Gasteiger partial charge in [0.05, 0.1) is 12.9 Å². The molecule has 0 saturated carbocycles. The zero-order valence-corrected chi connectivity index (χ0v) is 13.8.